The second-order valence-electron chi connectivity index (χ2n) is 4.81. The van der Waals surface area contributed by atoms with Gasteiger partial charge in [0.1, 0.15) is 24.2 Å². The normalized spacial score (nSPS) is 11.2. The molecule has 0 saturated carbocycles. The van der Waals surface area contributed by atoms with Crippen LogP contribution in [0.1, 0.15) is 6.92 Å². The number of aromatic nitrogens is 3. The summed E-state index contributed by atoms with van der Waals surface area (Å²) in [7, 11) is -3.26. The van der Waals surface area contributed by atoms with Crippen LogP contribution in [0.25, 0.3) is 0 Å². The van der Waals surface area contributed by atoms with Crippen molar-refractivity contribution in [3.05, 3.63) is 49.1 Å². The molecule has 0 bridgehead atoms. The van der Waals surface area contributed by atoms with Gasteiger partial charge in [-0.2, -0.15) is 0 Å². The summed E-state index contributed by atoms with van der Waals surface area (Å²) in [5, 5.41) is 5.94. The van der Waals surface area contributed by atoms with Crippen molar-refractivity contribution in [3.8, 4) is 0 Å². The molecule has 0 saturated heterocycles. The predicted octanol–water partition coefficient (Wildman–Crippen LogP) is 2.75. The molecule has 3 rings (SSSR count). The summed E-state index contributed by atoms with van der Waals surface area (Å²) in [5.41, 5.74) is 0.616. The molecule has 24 heavy (non-hydrogen) atoms. The van der Waals surface area contributed by atoms with Crippen LogP contribution in [0.15, 0.2) is 58.4 Å². The van der Waals surface area contributed by atoms with Crippen molar-refractivity contribution >= 4 is 33.2 Å². The van der Waals surface area contributed by atoms with Gasteiger partial charge in [0.15, 0.2) is 9.84 Å². The predicted molar refractivity (Wildman–Crippen MR) is 89.3 cm³/mol. The van der Waals surface area contributed by atoms with Crippen LogP contribution in [-0.2, 0) is 9.84 Å². The highest BCUT2D eigenvalue weighted by molar-refractivity contribution is 7.91. The van der Waals surface area contributed by atoms with Gasteiger partial charge in [-0.3, -0.25) is 5.32 Å². The van der Waals surface area contributed by atoms with Crippen molar-refractivity contribution < 1.29 is 12.8 Å². The number of benzene rings is 1. The van der Waals surface area contributed by atoms with Gasteiger partial charge in [-0.05, 0) is 18.2 Å². The average molecular weight is 345 g/mol. The highest BCUT2D eigenvalue weighted by Gasteiger charge is 2.12. The van der Waals surface area contributed by atoms with Crippen LogP contribution in [-0.4, -0.2) is 29.1 Å². The van der Waals surface area contributed by atoms with E-state index in [1.807, 2.05) is 0 Å². The van der Waals surface area contributed by atoms with E-state index in [9.17, 15) is 8.42 Å². The lowest BCUT2D eigenvalue weighted by atomic mass is 10.3. The van der Waals surface area contributed by atoms with Gasteiger partial charge in [-0.25, -0.2) is 23.4 Å². The van der Waals surface area contributed by atoms with Gasteiger partial charge in [-0.15, -0.1) is 0 Å². The van der Waals surface area contributed by atoms with Crippen molar-refractivity contribution in [3.63, 3.8) is 0 Å². The van der Waals surface area contributed by atoms with Gasteiger partial charge in [-0.1, -0.05) is 13.0 Å². The fourth-order valence-corrected chi connectivity index (χ4v) is 2.90. The maximum atomic E-state index is 12.0. The molecule has 0 aliphatic carbocycles. The molecule has 2 aromatic heterocycles. The fraction of sp³-hybridized carbons (Fsp3) is 0.133. The van der Waals surface area contributed by atoms with E-state index < -0.39 is 9.84 Å². The SMILES string of the molecule is CCS(=O)(=O)c1cccc(Nc2cc(Nc3ncco3)ncn2)c1. The Kier molecular flexibility index (Phi) is 4.43. The van der Waals surface area contributed by atoms with Crippen LogP contribution < -0.4 is 10.6 Å². The van der Waals surface area contributed by atoms with Crippen molar-refractivity contribution in [2.45, 2.75) is 11.8 Å². The summed E-state index contributed by atoms with van der Waals surface area (Å²) in [4.78, 5) is 12.4. The minimum Gasteiger partial charge on any atom is -0.432 e. The van der Waals surface area contributed by atoms with E-state index in [-0.39, 0.29) is 10.6 Å². The molecule has 0 spiro atoms. The lowest BCUT2D eigenvalue weighted by Crippen LogP contribution is -2.04. The van der Waals surface area contributed by atoms with E-state index >= 15 is 0 Å². The third-order valence-corrected chi connectivity index (χ3v) is 4.91. The second-order valence-corrected chi connectivity index (χ2v) is 7.09. The molecule has 0 amide bonds. The van der Waals surface area contributed by atoms with Crippen LogP contribution in [0.5, 0.6) is 0 Å². The van der Waals surface area contributed by atoms with Crippen LogP contribution in [0.3, 0.4) is 0 Å². The van der Waals surface area contributed by atoms with Crippen LogP contribution >= 0.6 is 0 Å². The van der Waals surface area contributed by atoms with Crippen molar-refractivity contribution in [1.29, 1.82) is 0 Å². The third-order valence-electron chi connectivity index (χ3n) is 3.18. The zero-order valence-electron chi connectivity index (χ0n) is 12.8. The van der Waals surface area contributed by atoms with Crippen LogP contribution in [0.2, 0.25) is 0 Å². The first kappa shape index (κ1) is 15.9. The monoisotopic (exact) mass is 345 g/mol. The van der Waals surface area contributed by atoms with E-state index in [0.29, 0.717) is 23.3 Å². The first-order chi connectivity index (χ1) is 11.6. The van der Waals surface area contributed by atoms with E-state index in [0.717, 1.165) is 0 Å². The number of oxazole rings is 1. The Hall–Kier alpha value is -2.94. The Morgan fingerprint density at radius 3 is 2.58 bits per heavy atom. The lowest BCUT2D eigenvalue weighted by Gasteiger charge is -2.09. The minimum atomic E-state index is -3.26. The third kappa shape index (κ3) is 3.69. The number of nitrogens with zero attached hydrogens (tertiary/aromatic N) is 3. The molecule has 2 heterocycles. The Labute approximate surface area is 138 Å². The maximum Gasteiger partial charge on any atom is 0.300 e. The summed E-state index contributed by atoms with van der Waals surface area (Å²) in [5.74, 6) is 1.05. The van der Waals surface area contributed by atoms with Crippen LogP contribution in [0.4, 0.5) is 23.3 Å². The lowest BCUT2D eigenvalue weighted by molar-refractivity contribution is 0.577. The van der Waals surface area contributed by atoms with E-state index in [4.69, 9.17) is 4.42 Å². The second kappa shape index (κ2) is 6.67. The van der Waals surface area contributed by atoms with Crippen molar-refractivity contribution in [1.82, 2.24) is 15.0 Å². The molecule has 3 aromatic rings. The molecular formula is C15H15N5O3S. The molecular weight excluding hydrogens is 330 g/mol. The van der Waals surface area contributed by atoms with E-state index in [1.54, 1.807) is 37.3 Å². The van der Waals surface area contributed by atoms with Gasteiger partial charge < -0.3 is 9.73 Å². The maximum absolute atomic E-state index is 12.0. The Balaban J connectivity index is 1.80. The standard InChI is InChI=1S/C15H15N5O3S/c1-2-24(21,22)12-5-3-4-11(8-12)19-13-9-14(18-10-17-13)20-15-16-6-7-23-15/h3-10H,2H2,1H3,(H2,16,17,18,19,20). The van der Waals surface area contributed by atoms with E-state index in [2.05, 4.69) is 25.6 Å². The number of anilines is 4. The van der Waals surface area contributed by atoms with Gasteiger partial charge in [0, 0.05) is 11.8 Å². The fourth-order valence-electron chi connectivity index (χ4n) is 1.97. The molecule has 0 aliphatic heterocycles. The first-order valence-electron chi connectivity index (χ1n) is 7.15. The molecule has 0 unspecified atom stereocenters. The largest absolute Gasteiger partial charge is 0.432 e. The number of nitrogens with one attached hydrogen (secondary N) is 2. The number of hydrogen-bond donors (Lipinski definition) is 2. The first-order valence-corrected chi connectivity index (χ1v) is 8.80. The van der Waals surface area contributed by atoms with Gasteiger partial charge in [0.25, 0.3) is 6.01 Å². The molecule has 124 valence electrons. The van der Waals surface area contributed by atoms with Crippen molar-refractivity contribution in [2.75, 3.05) is 16.4 Å². The molecule has 0 radical (unpaired) electrons. The summed E-state index contributed by atoms with van der Waals surface area (Å²) >= 11 is 0. The van der Waals surface area contributed by atoms with Crippen LogP contribution in [0, 0.1) is 0 Å². The molecule has 0 atom stereocenters. The number of sulfone groups is 1. The molecule has 8 nitrogen and oxygen atoms in total. The molecule has 0 aliphatic rings. The Bertz CT molecular complexity index is 926. The zero-order chi connectivity index (χ0) is 17.0. The average Bonchev–Trinajstić information content (AvgIpc) is 3.08. The summed E-state index contributed by atoms with van der Waals surface area (Å²) in [6.45, 7) is 1.61. The highest BCUT2D eigenvalue weighted by Crippen LogP contribution is 2.21. The van der Waals surface area contributed by atoms with Crippen molar-refractivity contribution in [2.24, 2.45) is 0 Å². The zero-order valence-corrected chi connectivity index (χ0v) is 13.6. The number of rotatable bonds is 6. The molecule has 0 fully saturated rings. The van der Waals surface area contributed by atoms with Gasteiger partial charge in [0.2, 0.25) is 0 Å². The quantitative estimate of drug-likeness (QED) is 0.702. The minimum absolute atomic E-state index is 0.0498. The Morgan fingerprint density at radius 2 is 1.88 bits per heavy atom. The summed E-state index contributed by atoms with van der Waals surface area (Å²) in [6.07, 6.45) is 4.34. The highest BCUT2D eigenvalue weighted by atomic mass is 32.2. The van der Waals surface area contributed by atoms with Gasteiger partial charge >= 0.3 is 0 Å². The summed E-state index contributed by atoms with van der Waals surface area (Å²) in [6, 6.07) is 8.55. The smallest absolute Gasteiger partial charge is 0.300 e. The molecule has 1 aromatic carbocycles. The molecule has 2 N–H and O–H groups in total. The molecule has 9 heteroatoms. The van der Waals surface area contributed by atoms with Gasteiger partial charge in [0.05, 0.1) is 16.8 Å². The summed E-state index contributed by atoms with van der Waals surface area (Å²) < 4.78 is 29.0. The topological polar surface area (TPSA) is 110 Å². The Morgan fingerprint density at radius 1 is 1.08 bits per heavy atom. The number of hydrogen-bond acceptors (Lipinski definition) is 8. The van der Waals surface area contributed by atoms with E-state index in [1.165, 1.54) is 18.8 Å².